The molecule has 7 heavy (non-hydrogen) atoms. The summed E-state index contributed by atoms with van der Waals surface area (Å²) in [5.74, 6) is 1.67. The van der Waals surface area contributed by atoms with Crippen molar-refractivity contribution in [1.29, 1.82) is 0 Å². The molecule has 0 N–H and O–H groups in total. The zero-order chi connectivity index (χ0) is 5.49. The molecule has 0 aromatic heterocycles. The van der Waals surface area contributed by atoms with Crippen LogP contribution in [0.5, 0.6) is 0 Å². The van der Waals surface area contributed by atoms with Crippen molar-refractivity contribution < 1.29 is 0 Å². The standard InChI is InChI=1S/C6H11Cl/c1-6(2)3-5(6)4-7/h5H,3-4H2,1-2H3. The van der Waals surface area contributed by atoms with Crippen molar-refractivity contribution in [2.45, 2.75) is 20.3 Å². The highest BCUT2D eigenvalue weighted by atomic mass is 35.5. The highest BCUT2D eigenvalue weighted by Crippen LogP contribution is 2.51. The van der Waals surface area contributed by atoms with Gasteiger partial charge in [0.1, 0.15) is 0 Å². The predicted octanol–water partition coefficient (Wildman–Crippen LogP) is 2.27. The van der Waals surface area contributed by atoms with Crippen LogP contribution in [0.3, 0.4) is 0 Å². The van der Waals surface area contributed by atoms with Crippen molar-refractivity contribution in [3.05, 3.63) is 0 Å². The highest BCUT2D eigenvalue weighted by molar-refractivity contribution is 6.18. The summed E-state index contributed by atoms with van der Waals surface area (Å²) in [5.41, 5.74) is 0.585. The molecule has 0 nitrogen and oxygen atoms in total. The Morgan fingerprint density at radius 2 is 2.14 bits per heavy atom. The van der Waals surface area contributed by atoms with E-state index in [9.17, 15) is 0 Å². The van der Waals surface area contributed by atoms with Crippen LogP contribution in [0.2, 0.25) is 0 Å². The fourth-order valence-electron chi connectivity index (χ4n) is 0.840. The maximum atomic E-state index is 5.58. The molecule has 1 unspecified atom stereocenters. The lowest BCUT2D eigenvalue weighted by Gasteiger charge is -1.94. The van der Waals surface area contributed by atoms with Crippen LogP contribution < -0.4 is 0 Å². The van der Waals surface area contributed by atoms with Gasteiger partial charge < -0.3 is 0 Å². The van der Waals surface area contributed by atoms with Gasteiger partial charge in [0, 0.05) is 5.88 Å². The minimum Gasteiger partial charge on any atom is -0.126 e. The summed E-state index contributed by atoms with van der Waals surface area (Å²) in [7, 11) is 0. The molecule has 1 aliphatic rings. The second-order valence-electron chi connectivity index (χ2n) is 3.04. The van der Waals surface area contributed by atoms with Crippen LogP contribution in [0.1, 0.15) is 20.3 Å². The Morgan fingerprint density at radius 1 is 1.71 bits per heavy atom. The molecule has 1 atom stereocenters. The summed E-state index contributed by atoms with van der Waals surface area (Å²) in [6.45, 7) is 4.53. The Labute approximate surface area is 49.9 Å². The van der Waals surface area contributed by atoms with Crippen LogP contribution in [0.4, 0.5) is 0 Å². The smallest absolute Gasteiger partial charge is 0.0257 e. The van der Waals surface area contributed by atoms with Crippen molar-refractivity contribution in [3.8, 4) is 0 Å². The van der Waals surface area contributed by atoms with E-state index in [1.165, 1.54) is 6.42 Å². The lowest BCUT2D eigenvalue weighted by Crippen LogP contribution is -1.89. The molecule has 0 radical (unpaired) electrons. The van der Waals surface area contributed by atoms with Crippen molar-refractivity contribution in [2.75, 3.05) is 5.88 Å². The first kappa shape index (κ1) is 5.43. The third kappa shape index (κ3) is 0.908. The zero-order valence-electron chi connectivity index (χ0n) is 4.87. The molecule has 1 aliphatic carbocycles. The second-order valence-corrected chi connectivity index (χ2v) is 3.35. The molecule has 1 saturated carbocycles. The molecule has 0 spiro atoms. The van der Waals surface area contributed by atoms with Gasteiger partial charge in [-0.15, -0.1) is 11.6 Å². The fraction of sp³-hybridized carbons (Fsp3) is 1.00. The monoisotopic (exact) mass is 118 g/mol. The predicted molar refractivity (Wildman–Crippen MR) is 32.6 cm³/mol. The van der Waals surface area contributed by atoms with Gasteiger partial charge in [-0.05, 0) is 17.8 Å². The van der Waals surface area contributed by atoms with E-state index in [-0.39, 0.29) is 0 Å². The van der Waals surface area contributed by atoms with Gasteiger partial charge in [0.15, 0.2) is 0 Å². The molecule has 0 saturated heterocycles. The van der Waals surface area contributed by atoms with E-state index in [1.807, 2.05) is 0 Å². The lowest BCUT2D eigenvalue weighted by atomic mass is 10.1. The summed E-state index contributed by atoms with van der Waals surface area (Å²) in [5, 5.41) is 0. The molecule has 0 heterocycles. The molecule has 0 aromatic carbocycles. The van der Waals surface area contributed by atoms with E-state index in [0.29, 0.717) is 5.41 Å². The highest BCUT2D eigenvalue weighted by Gasteiger charge is 2.44. The van der Waals surface area contributed by atoms with Gasteiger partial charge in [-0.3, -0.25) is 0 Å². The van der Waals surface area contributed by atoms with E-state index in [4.69, 9.17) is 11.6 Å². The molecule has 1 fully saturated rings. The molecule has 1 rings (SSSR count). The van der Waals surface area contributed by atoms with Crippen LogP contribution in [0.25, 0.3) is 0 Å². The molecule has 0 aliphatic heterocycles. The first-order valence-electron chi connectivity index (χ1n) is 2.73. The minimum absolute atomic E-state index is 0.585. The summed E-state index contributed by atoms with van der Waals surface area (Å²) in [6, 6.07) is 0. The van der Waals surface area contributed by atoms with Gasteiger partial charge in [-0.1, -0.05) is 13.8 Å². The summed E-state index contributed by atoms with van der Waals surface area (Å²) in [6.07, 6.45) is 1.33. The number of halogens is 1. The van der Waals surface area contributed by atoms with Crippen LogP contribution in [0, 0.1) is 11.3 Å². The van der Waals surface area contributed by atoms with Crippen LogP contribution in [-0.2, 0) is 0 Å². The quantitative estimate of drug-likeness (QED) is 0.464. The lowest BCUT2D eigenvalue weighted by molar-refractivity contribution is 0.588. The molecule has 0 aromatic rings. The van der Waals surface area contributed by atoms with Crippen LogP contribution in [0.15, 0.2) is 0 Å². The van der Waals surface area contributed by atoms with Crippen LogP contribution in [-0.4, -0.2) is 5.88 Å². The summed E-state index contributed by atoms with van der Waals surface area (Å²) in [4.78, 5) is 0. The molecule has 1 heteroatoms. The third-order valence-corrected chi connectivity index (χ3v) is 2.28. The Bertz CT molecular complexity index is 76.2. The van der Waals surface area contributed by atoms with Crippen LogP contribution >= 0.6 is 11.6 Å². The Morgan fingerprint density at radius 3 is 2.14 bits per heavy atom. The normalized spacial score (nSPS) is 35.6. The fourth-order valence-corrected chi connectivity index (χ4v) is 1.37. The van der Waals surface area contributed by atoms with E-state index < -0.39 is 0 Å². The molecular formula is C6H11Cl. The van der Waals surface area contributed by atoms with Gasteiger partial charge in [-0.25, -0.2) is 0 Å². The van der Waals surface area contributed by atoms with Gasteiger partial charge >= 0.3 is 0 Å². The molecular weight excluding hydrogens is 108 g/mol. The summed E-state index contributed by atoms with van der Waals surface area (Å²) >= 11 is 5.58. The van der Waals surface area contributed by atoms with E-state index in [0.717, 1.165) is 11.8 Å². The Balaban J connectivity index is 2.30. The topological polar surface area (TPSA) is 0 Å². The Kier molecular flexibility index (Phi) is 1.07. The first-order chi connectivity index (χ1) is 3.17. The van der Waals surface area contributed by atoms with Gasteiger partial charge in [0.2, 0.25) is 0 Å². The van der Waals surface area contributed by atoms with Gasteiger partial charge in [-0.2, -0.15) is 0 Å². The minimum atomic E-state index is 0.585. The van der Waals surface area contributed by atoms with E-state index in [1.54, 1.807) is 0 Å². The first-order valence-corrected chi connectivity index (χ1v) is 3.26. The van der Waals surface area contributed by atoms with E-state index in [2.05, 4.69) is 13.8 Å². The number of alkyl halides is 1. The average molecular weight is 119 g/mol. The second kappa shape index (κ2) is 1.38. The van der Waals surface area contributed by atoms with Crippen molar-refractivity contribution in [2.24, 2.45) is 11.3 Å². The molecule has 0 amide bonds. The summed E-state index contributed by atoms with van der Waals surface area (Å²) < 4.78 is 0. The van der Waals surface area contributed by atoms with Crippen molar-refractivity contribution >= 4 is 11.6 Å². The Hall–Kier alpha value is 0.290. The molecule has 42 valence electrons. The zero-order valence-corrected chi connectivity index (χ0v) is 5.63. The van der Waals surface area contributed by atoms with Gasteiger partial charge in [0.25, 0.3) is 0 Å². The maximum Gasteiger partial charge on any atom is 0.0257 e. The number of hydrogen-bond acceptors (Lipinski definition) is 0. The van der Waals surface area contributed by atoms with Gasteiger partial charge in [0.05, 0.1) is 0 Å². The van der Waals surface area contributed by atoms with Crippen molar-refractivity contribution in [3.63, 3.8) is 0 Å². The SMILES string of the molecule is CC1(C)CC1CCl. The molecule has 0 bridgehead atoms. The number of hydrogen-bond donors (Lipinski definition) is 0. The number of rotatable bonds is 1. The third-order valence-electron chi connectivity index (χ3n) is 1.90. The van der Waals surface area contributed by atoms with E-state index >= 15 is 0 Å². The van der Waals surface area contributed by atoms with Crippen molar-refractivity contribution in [1.82, 2.24) is 0 Å². The average Bonchev–Trinajstić information content (AvgIpc) is 2.13. The maximum absolute atomic E-state index is 5.58. The largest absolute Gasteiger partial charge is 0.126 e.